The second-order valence-electron chi connectivity index (χ2n) is 4.37. The van der Waals surface area contributed by atoms with Crippen molar-refractivity contribution in [2.75, 3.05) is 24.5 Å². The van der Waals surface area contributed by atoms with E-state index >= 15 is 0 Å². The van der Waals surface area contributed by atoms with Crippen molar-refractivity contribution in [2.45, 2.75) is 12.5 Å². The molecule has 16 heavy (non-hydrogen) atoms. The molecule has 3 rings (SSSR count). The van der Waals surface area contributed by atoms with Gasteiger partial charge in [-0.25, -0.2) is 5.10 Å². The number of aromatic amines is 1. The normalized spacial score (nSPS) is 28.4. The molecule has 0 bridgehead atoms. The topological polar surface area (TPSA) is 61.0 Å². The van der Waals surface area contributed by atoms with Crippen LogP contribution in [0, 0.1) is 5.92 Å². The SMILES string of the molecule is O=c1[nH]ncc(N2CC[C@H]3CNC[C@H]32)c1Cl. The van der Waals surface area contributed by atoms with Crippen molar-refractivity contribution in [3.63, 3.8) is 0 Å². The minimum atomic E-state index is -0.312. The van der Waals surface area contributed by atoms with Crippen LogP contribution in [-0.2, 0) is 0 Å². The molecule has 86 valence electrons. The first kappa shape index (κ1) is 10.1. The molecule has 2 saturated heterocycles. The Kier molecular flexibility index (Phi) is 2.37. The summed E-state index contributed by atoms with van der Waals surface area (Å²) in [6.07, 6.45) is 2.80. The van der Waals surface area contributed by atoms with Crippen molar-refractivity contribution >= 4 is 17.3 Å². The third-order valence-electron chi connectivity index (χ3n) is 3.53. The summed E-state index contributed by atoms with van der Waals surface area (Å²) in [6, 6.07) is 0.459. The van der Waals surface area contributed by atoms with Gasteiger partial charge in [0.1, 0.15) is 5.02 Å². The molecule has 2 atom stereocenters. The first-order valence-electron chi connectivity index (χ1n) is 5.48. The third kappa shape index (κ3) is 1.43. The zero-order valence-corrected chi connectivity index (χ0v) is 9.50. The molecule has 0 amide bonds. The van der Waals surface area contributed by atoms with E-state index < -0.39 is 0 Å². The maximum atomic E-state index is 11.4. The van der Waals surface area contributed by atoms with Gasteiger partial charge in [-0.05, 0) is 12.3 Å². The van der Waals surface area contributed by atoms with Crippen molar-refractivity contribution in [2.24, 2.45) is 5.92 Å². The second-order valence-corrected chi connectivity index (χ2v) is 4.74. The van der Waals surface area contributed by atoms with Crippen LogP contribution in [-0.4, -0.2) is 35.9 Å². The smallest absolute Gasteiger partial charge is 0.285 e. The van der Waals surface area contributed by atoms with Crippen LogP contribution in [0.15, 0.2) is 11.0 Å². The molecule has 2 fully saturated rings. The summed E-state index contributed by atoms with van der Waals surface area (Å²) >= 11 is 6.02. The zero-order chi connectivity index (χ0) is 11.1. The molecule has 2 N–H and O–H groups in total. The molecule has 0 aromatic carbocycles. The third-order valence-corrected chi connectivity index (χ3v) is 3.90. The van der Waals surface area contributed by atoms with Gasteiger partial charge in [0.2, 0.25) is 0 Å². The lowest BCUT2D eigenvalue weighted by Crippen LogP contribution is -2.35. The van der Waals surface area contributed by atoms with Crippen LogP contribution in [0.1, 0.15) is 6.42 Å². The molecule has 0 radical (unpaired) electrons. The number of halogens is 1. The van der Waals surface area contributed by atoms with E-state index in [1.54, 1.807) is 6.20 Å². The second kappa shape index (κ2) is 3.75. The molecular formula is C10H13ClN4O. The van der Waals surface area contributed by atoms with Crippen LogP contribution in [0.2, 0.25) is 5.02 Å². The fourth-order valence-corrected chi connectivity index (χ4v) is 2.92. The van der Waals surface area contributed by atoms with Crippen LogP contribution in [0.3, 0.4) is 0 Å². The Balaban J connectivity index is 1.98. The fourth-order valence-electron chi connectivity index (χ4n) is 2.72. The number of hydrogen-bond donors (Lipinski definition) is 2. The van der Waals surface area contributed by atoms with Gasteiger partial charge in [-0.2, -0.15) is 5.10 Å². The van der Waals surface area contributed by atoms with Crippen molar-refractivity contribution < 1.29 is 0 Å². The van der Waals surface area contributed by atoms with Crippen molar-refractivity contribution in [1.29, 1.82) is 0 Å². The summed E-state index contributed by atoms with van der Waals surface area (Å²) in [6.45, 7) is 2.99. The number of H-pyrrole nitrogens is 1. The molecule has 1 aromatic rings. The van der Waals surface area contributed by atoms with Crippen LogP contribution in [0.25, 0.3) is 0 Å². The standard InChI is InChI=1S/C10H13ClN4O/c11-9-8(5-13-14-10(9)16)15-2-1-6-3-12-4-7(6)15/h5-7,12H,1-4H2,(H,14,16)/t6-,7+/m0/s1. The van der Waals surface area contributed by atoms with E-state index in [1.807, 2.05) is 0 Å². The molecular weight excluding hydrogens is 228 g/mol. The quantitative estimate of drug-likeness (QED) is 0.738. The molecule has 0 spiro atoms. The van der Waals surface area contributed by atoms with E-state index in [-0.39, 0.29) is 10.6 Å². The number of hydrogen-bond acceptors (Lipinski definition) is 4. The van der Waals surface area contributed by atoms with Gasteiger partial charge in [0.15, 0.2) is 0 Å². The minimum Gasteiger partial charge on any atom is -0.364 e. The van der Waals surface area contributed by atoms with E-state index in [0.29, 0.717) is 12.0 Å². The average molecular weight is 241 g/mol. The predicted molar refractivity (Wildman–Crippen MR) is 62.0 cm³/mol. The van der Waals surface area contributed by atoms with Crippen molar-refractivity contribution in [3.05, 3.63) is 21.6 Å². The molecule has 0 saturated carbocycles. The average Bonchev–Trinajstić information content (AvgIpc) is 2.84. The number of aromatic nitrogens is 2. The summed E-state index contributed by atoms with van der Waals surface area (Å²) in [5.41, 5.74) is 0.454. The van der Waals surface area contributed by atoms with E-state index in [9.17, 15) is 4.79 Å². The first-order valence-corrected chi connectivity index (χ1v) is 5.85. The summed E-state index contributed by atoms with van der Waals surface area (Å²) in [5, 5.41) is 9.78. The first-order chi connectivity index (χ1) is 7.77. The highest BCUT2D eigenvalue weighted by Crippen LogP contribution is 2.33. The highest BCUT2D eigenvalue weighted by atomic mass is 35.5. The maximum Gasteiger partial charge on any atom is 0.285 e. The minimum absolute atomic E-state index is 0.252. The molecule has 5 nitrogen and oxygen atoms in total. The zero-order valence-electron chi connectivity index (χ0n) is 8.74. The number of fused-ring (bicyclic) bond motifs is 1. The Morgan fingerprint density at radius 3 is 3.25 bits per heavy atom. The molecule has 3 heterocycles. The summed E-state index contributed by atoms with van der Waals surface area (Å²) in [4.78, 5) is 13.6. The van der Waals surface area contributed by atoms with Gasteiger partial charge < -0.3 is 10.2 Å². The molecule has 2 aliphatic heterocycles. The summed E-state index contributed by atoms with van der Waals surface area (Å²) in [5.74, 6) is 0.676. The summed E-state index contributed by atoms with van der Waals surface area (Å²) in [7, 11) is 0. The Bertz CT molecular complexity index is 460. The summed E-state index contributed by atoms with van der Waals surface area (Å²) < 4.78 is 0. The van der Waals surface area contributed by atoms with Gasteiger partial charge in [-0.1, -0.05) is 11.6 Å². The maximum absolute atomic E-state index is 11.4. The molecule has 0 unspecified atom stereocenters. The van der Waals surface area contributed by atoms with Crippen LogP contribution >= 0.6 is 11.6 Å². The molecule has 1 aromatic heterocycles. The largest absolute Gasteiger partial charge is 0.364 e. The monoisotopic (exact) mass is 240 g/mol. The molecule has 0 aliphatic carbocycles. The number of nitrogens with zero attached hydrogens (tertiary/aromatic N) is 2. The highest BCUT2D eigenvalue weighted by molar-refractivity contribution is 6.33. The van der Waals surface area contributed by atoms with E-state index in [1.165, 1.54) is 0 Å². The van der Waals surface area contributed by atoms with E-state index in [4.69, 9.17) is 11.6 Å². The van der Waals surface area contributed by atoms with Crippen LogP contribution in [0.5, 0.6) is 0 Å². The van der Waals surface area contributed by atoms with Gasteiger partial charge >= 0.3 is 0 Å². The predicted octanol–water partition coefficient (Wildman–Crippen LogP) is 0.221. The number of nitrogens with one attached hydrogen (secondary N) is 2. The Labute approximate surface area is 97.8 Å². The Hall–Kier alpha value is -1.07. The lowest BCUT2D eigenvalue weighted by molar-refractivity contribution is 0.578. The van der Waals surface area contributed by atoms with Gasteiger partial charge in [0.25, 0.3) is 5.56 Å². The highest BCUT2D eigenvalue weighted by Gasteiger charge is 2.38. The lowest BCUT2D eigenvalue weighted by Gasteiger charge is -2.25. The number of rotatable bonds is 1. The molecule has 2 aliphatic rings. The van der Waals surface area contributed by atoms with E-state index in [0.717, 1.165) is 31.7 Å². The van der Waals surface area contributed by atoms with Gasteiger partial charge in [0.05, 0.1) is 11.9 Å². The Morgan fingerprint density at radius 1 is 1.50 bits per heavy atom. The van der Waals surface area contributed by atoms with Crippen molar-refractivity contribution in [1.82, 2.24) is 15.5 Å². The van der Waals surface area contributed by atoms with E-state index in [2.05, 4.69) is 20.4 Å². The fraction of sp³-hybridized carbons (Fsp3) is 0.600. The molecule has 6 heteroatoms. The Morgan fingerprint density at radius 2 is 2.38 bits per heavy atom. The van der Waals surface area contributed by atoms with Crippen LogP contribution < -0.4 is 15.8 Å². The van der Waals surface area contributed by atoms with Gasteiger partial charge in [-0.3, -0.25) is 4.79 Å². The lowest BCUT2D eigenvalue weighted by atomic mass is 10.1. The van der Waals surface area contributed by atoms with Crippen LogP contribution in [0.4, 0.5) is 5.69 Å². The van der Waals surface area contributed by atoms with Crippen molar-refractivity contribution in [3.8, 4) is 0 Å². The van der Waals surface area contributed by atoms with Gasteiger partial charge in [-0.15, -0.1) is 0 Å². The van der Waals surface area contributed by atoms with Gasteiger partial charge in [0, 0.05) is 25.7 Å². The number of anilines is 1.